The summed E-state index contributed by atoms with van der Waals surface area (Å²) in [7, 11) is 1.54. The summed E-state index contributed by atoms with van der Waals surface area (Å²) in [5.41, 5.74) is 1.50. The van der Waals surface area contributed by atoms with Crippen LogP contribution in [0.2, 0.25) is 0 Å². The maximum atomic E-state index is 13.4. The van der Waals surface area contributed by atoms with E-state index >= 15 is 0 Å². The van der Waals surface area contributed by atoms with E-state index in [0.29, 0.717) is 30.1 Å². The van der Waals surface area contributed by atoms with Crippen LogP contribution in [0.1, 0.15) is 6.42 Å². The average Bonchev–Trinajstić information content (AvgIpc) is 3.33. The second-order valence-electron chi connectivity index (χ2n) is 5.62. The second-order valence-corrected chi connectivity index (χ2v) is 5.62. The minimum Gasteiger partial charge on any atom is -0.496 e. The van der Waals surface area contributed by atoms with Gasteiger partial charge < -0.3 is 14.6 Å². The van der Waals surface area contributed by atoms with Crippen molar-refractivity contribution in [3.8, 4) is 22.6 Å². The van der Waals surface area contributed by atoms with Gasteiger partial charge in [-0.25, -0.2) is 4.39 Å². The molecule has 2 aromatic carbocycles. The molecule has 120 valence electrons. The lowest BCUT2D eigenvalue weighted by molar-refractivity contribution is -0.138. The molecule has 1 aliphatic carbocycles. The van der Waals surface area contributed by atoms with E-state index in [9.17, 15) is 9.18 Å². The Morgan fingerprint density at radius 1 is 1.26 bits per heavy atom. The smallest absolute Gasteiger partial charge is 0.306 e. The van der Waals surface area contributed by atoms with Crippen molar-refractivity contribution in [2.45, 2.75) is 6.42 Å². The summed E-state index contributed by atoms with van der Waals surface area (Å²) in [6.45, 7) is 0.402. The summed E-state index contributed by atoms with van der Waals surface area (Å²) < 4.78 is 24.3. The molecule has 2 aromatic rings. The lowest BCUT2D eigenvalue weighted by atomic mass is 10.0. The lowest BCUT2D eigenvalue weighted by Crippen LogP contribution is -2.06. The van der Waals surface area contributed by atoms with Gasteiger partial charge in [0.05, 0.1) is 19.6 Å². The predicted molar refractivity (Wildman–Crippen MR) is 83.1 cm³/mol. The van der Waals surface area contributed by atoms with Crippen LogP contribution in [0.5, 0.6) is 11.5 Å². The molecule has 0 bridgehead atoms. The van der Waals surface area contributed by atoms with Crippen molar-refractivity contribution in [2.75, 3.05) is 13.7 Å². The van der Waals surface area contributed by atoms with Gasteiger partial charge >= 0.3 is 5.97 Å². The highest BCUT2D eigenvalue weighted by atomic mass is 19.1. The number of ether oxygens (including phenoxy) is 2. The molecule has 4 nitrogen and oxygen atoms in total. The number of carboxylic acid groups (broad SMARTS) is 1. The highest BCUT2D eigenvalue weighted by molar-refractivity contribution is 5.73. The van der Waals surface area contributed by atoms with Crippen LogP contribution in [0, 0.1) is 17.7 Å². The van der Waals surface area contributed by atoms with Gasteiger partial charge in [0.1, 0.15) is 17.3 Å². The Bertz CT molecular complexity index is 711. The zero-order valence-electron chi connectivity index (χ0n) is 12.7. The van der Waals surface area contributed by atoms with Crippen LogP contribution < -0.4 is 9.47 Å². The highest BCUT2D eigenvalue weighted by Gasteiger charge is 2.43. The SMILES string of the molecule is COc1ccc(F)cc1-c1ccc(OCC2CC2C(=O)O)cc1. The van der Waals surface area contributed by atoms with E-state index in [1.54, 1.807) is 25.3 Å². The third-order valence-corrected chi connectivity index (χ3v) is 4.03. The summed E-state index contributed by atoms with van der Waals surface area (Å²) in [5.74, 6) is 0.00513. The first-order chi connectivity index (χ1) is 11.1. The van der Waals surface area contributed by atoms with Crippen LogP contribution in [0.25, 0.3) is 11.1 Å². The largest absolute Gasteiger partial charge is 0.496 e. The van der Waals surface area contributed by atoms with Crippen molar-refractivity contribution in [2.24, 2.45) is 11.8 Å². The third kappa shape index (κ3) is 3.44. The number of methoxy groups -OCH3 is 1. The zero-order valence-corrected chi connectivity index (χ0v) is 12.7. The van der Waals surface area contributed by atoms with Gasteiger partial charge in [-0.05, 0) is 42.3 Å². The van der Waals surface area contributed by atoms with Gasteiger partial charge in [0, 0.05) is 11.5 Å². The van der Waals surface area contributed by atoms with Gasteiger partial charge in [0.15, 0.2) is 0 Å². The van der Waals surface area contributed by atoms with Crippen LogP contribution in [-0.4, -0.2) is 24.8 Å². The number of halogens is 1. The summed E-state index contributed by atoms with van der Waals surface area (Å²) >= 11 is 0. The Labute approximate surface area is 133 Å². The van der Waals surface area contributed by atoms with E-state index in [1.165, 1.54) is 12.1 Å². The molecule has 0 spiro atoms. The number of aliphatic carboxylic acids is 1. The molecule has 1 fully saturated rings. The number of hydrogen-bond donors (Lipinski definition) is 1. The van der Waals surface area contributed by atoms with Gasteiger partial charge in [0.2, 0.25) is 0 Å². The quantitative estimate of drug-likeness (QED) is 0.884. The molecule has 1 saturated carbocycles. The molecule has 1 aliphatic rings. The normalized spacial score (nSPS) is 19.2. The first-order valence-electron chi connectivity index (χ1n) is 7.38. The maximum absolute atomic E-state index is 13.4. The van der Waals surface area contributed by atoms with Crippen molar-refractivity contribution < 1.29 is 23.8 Å². The van der Waals surface area contributed by atoms with E-state index < -0.39 is 5.97 Å². The first kappa shape index (κ1) is 15.3. The Kier molecular flexibility index (Phi) is 4.19. The molecule has 5 heteroatoms. The molecular formula is C18H17FO4. The van der Waals surface area contributed by atoms with E-state index in [-0.39, 0.29) is 17.7 Å². The lowest BCUT2D eigenvalue weighted by Gasteiger charge is -2.10. The monoisotopic (exact) mass is 316 g/mol. The van der Waals surface area contributed by atoms with E-state index in [4.69, 9.17) is 14.6 Å². The molecule has 1 N–H and O–H groups in total. The Balaban J connectivity index is 1.68. The first-order valence-corrected chi connectivity index (χ1v) is 7.38. The van der Waals surface area contributed by atoms with Crippen molar-refractivity contribution in [3.63, 3.8) is 0 Å². The van der Waals surface area contributed by atoms with Crippen molar-refractivity contribution in [1.82, 2.24) is 0 Å². The minimum atomic E-state index is -0.757. The maximum Gasteiger partial charge on any atom is 0.306 e. The molecule has 2 atom stereocenters. The molecule has 0 aromatic heterocycles. The van der Waals surface area contributed by atoms with E-state index in [1.807, 2.05) is 12.1 Å². The molecule has 2 unspecified atom stereocenters. The Hall–Kier alpha value is -2.56. The Morgan fingerprint density at radius 3 is 2.61 bits per heavy atom. The van der Waals surface area contributed by atoms with Crippen molar-refractivity contribution >= 4 is 5.97 Å². The molecule has 0 saturated heterocycles. The fourth-order valence-electron chi connectivity index (χ4n) is 2.57. The average molecular weight is 316 g/mol. The third-order valence-electron chi connectivity index (χ3n) is 4.03. The van der Waals surface area contributed by atoms with Crippen LogP contribution in [0.15, 0.2) is 42.5 Å². The summed E-state index contributed by atoms with van der Waals surface area (Å²) in [6, 6.07) is 11.6. The van der Waals surface area contributed by atoms with E-state index in [2.05, 4.69) is 0 Å². The van der Waals surface area contributed by atoms with Gasteiger partial charge in [-0.3, -0.25) is 4.79 Å². The molecule has 0 radical (unpaired) electrons. The molecule has 3 rings (SSSR count). The summed E-state index contributed by atoms with van der Waals surface area (Å²) in [5, 5.41) is 8.86. The van der Waals surface area contributed by atoms with Crippen molar-refractivity contribution in [3.05, 3.63) is 48.3 Å². The van der Waals surface area contributed by atoms with Crippen LogP contribution >= 0.6 is 0 Å². The molecule has 23 heavy (non-hydrogen) atoms. The minimum absolute atomic E-state index is 0.0930. The van der Waals surface area contributed by atoms with Gasteiger partial charge in [0.25, 0.3) is 0 Å². The van der Waals surface area contributed by atoms with Gasteiger partial charge in [-0.2, -0.15) is 0 Å². The number of carboxylic acids is 1. The van der Waals surface area contributed by atoms with Crippen LogP contribution in [0.3, 0.4) is 0 Å². The van der Waals surface area contributed by atoms with Crippen LogP contribution in [-0.2, 0) is 4.79 Å². The standard InChI is InChI=1S/C18H17FO4/c1-22-17-7-4-13(19)9-15(17)11-2-5-14(6-3-11)23-10-12-8-16(12)18(20)21/h2-7,9,12,16H,8,10H2,1H3,(H,20,21). The molecule has 0 amide bonds. The molecule has 0 aliphatic heterocycles. The van der Waals surface area contributed by atoms with Gasteiger partial charge in [-0.15, -0.1) is 0 Å². The topological polar surface area (TPSA) is 55.8 Å². The number of hydrogen-bond acceptors (Lipinski definition) is 3. The molecular weight excluding hydrogens is 299 g/mol. The van der Waals surface area contributed by atoms with E-state index in [0.717, 1.165) is 5.56 Å². The number of benzene rings is 2. The zero-order chi connectivity index (χ0) is 16.4. The fourth-order valence-corrected chi connectivity index (χ4v) is 2.57. The van der Waals surface area contributed by atoms with Gasteiger partial charge in [-0.1, -0.05) is 12.1 Å². The summed E-state index contributed by atoms with van der Waals surface area (Å²) in [6.07, 6.45) is 0.675. The second kappa shape index (κ2) is 6.28. The number of carbonyl (C=O) groups is 1. The Morgan fingerprint density at radius 2 is 2.00 bits per heavy atom. The van der Waals surface area contributed by atoms with Crippen LogP contribution in [0.4, 0.5) is 4.39 Å². The molecule has 0 heterocycles. The predicted octanol–water partition coefficient (Wildman–Crippen LogP) is 3.60. The number of rotatable bonds is 6. The highest BCUT2D eigenvalue weighted by Crippen LogP contribution is 2.39. The van der Waals surface area contributed by atoms with Crippen molar-refractivity contribution in [1.29, 1.82) is 0 Å². The summed E-state index contributed by atoms with van der Waals surface area (Å²) in [4.78, 5) is 10.8. The fraction of sp³-hybridized carbons (Fsp3) is 0.278.